The number of nitrogens with one attached hydrogen (secondary N) is 1. The van der Waals surface area contributed by atoms with Gasteiger partial charge in [0.1, 0.15) is 22.9 Å². The smallest absolute Gasteiger partial charge is 0.240 e. The van der Waals surface area contributed by atoms with Crippen LogP contribution in [-0.4, -0.2) is 76.8 Å². The van der Waals surface area contributed by atoms with Crippen molar-refractivity contribution in [3.8, 4) is 17.4 Å². The molecule has 0 bridgehead atoms. The molecule has 0 aliphatic heterocycles. The molecule has 0 aliphatic carbocycles. The number of aliphatic imine (C=N–C) groups is 2. The number of methoxy groups -OCH3 is 2. The Kier molecular flexibility index (Phi) is 9.07. The second-order valence-electron chi connectivity index (χ2n) is 7.59. The Balaban J connectivity index is 2.07. The fraction of sp³-hybridized carbons (Fsp3) is 0.381. The maximum absolute atomic E-state index is 13.5. The molecule has 0 unspecified atom stereocenters. The third-order valence-corrected chi connectivity index (χ3v) is 7.24. The van der Waals surface area contributed by atoms with Crippen LogP contribution in [0.3, 0.4) is 0 Å². The summed E-state index contributed by atoms with van der Waals surface area (Å²) in [7, 11) is 0.254. The molecule has 3 heterocycles. The SMILES string of the molecule is CN=C(N=CN)[C@@H](C)n1c(NS(=O)(=O)[C@@H](C)[C@H](OC)c2ncc(Cl)cn2)nnc1-c1cccc(OC)n1. The predicted molar refractivity (Wildman–Crippen MR) is 139 cm³/mol. The number of ether oxygens (including phenoxy) is 2. The first-order valence-electron chi connectivity index (χ1n) is 10.9. The highest BCUT2D eigenvalue weighted by atomic mass is 35.5. The van der Waals surface area contributed by atoms with Crippen LogP contribution in [0.2, 0.25) is 5.02 Å². The number of aromatic nitrogens is 6. The van der Waals surface area contributed by atoms with Crippen LogP contribution in [0.4, 0.5) is 5.95 Å². The fourth-order valence-corrected chi connectivity index (χ4v) is 4.69. The number of nitrogens with two attached hydrogens (primary N) is 1. The third-order valence-electron chi connectivity index (χ3n) is 5.35. The Morgan fingerprint density at radius 3 is 2.51 bits per heavy atom. The molecule has 3 atom stereocenters. The molecule has 3 aromatic heterocycles. The lowest BCUT2D eigenvalue weighted by Gasteiger charge is -2.23. The standard InChI is InChI=1S/C21H27ClN10O4S/c1-12(18(24-3)27-11-23)32-20(15-7-6-8-16(28-15)35-4)29-30-21(32)31-37(33,34)13(2)17(36-5)19-25-9-14(22)10-26-19/h6-13,17H,1-5H3,(H,30,31)(H2,23,24,27)/t12-,13+,17+/m1/s1. The molecule has 198 valence electrons. The molecule has 14 nitrogen and oxygen atoms in total. The van der Waals surface area contributed by atoms with Gasteiger partial charge >= 0.3 is 0 Å². The van der Waals surface area contributed by atoms with Gasteiger partial charge in [0, 0.05) is 32.6 Å². The Hall–Kier alpha value is -3.69. The minimum absolute atomic E-state index is 0.0979. The summed E-state index contributed by atoms with van der Waals surface area (Å²) in [5, 5.41) is 7.46. The van der Waals surface area contributed by atoms with Gasteiger partial charge in [0.05, 0.1) is 24.5 Å². The van der Waals surface area contributed by atoms with Crippen molar-refractivity contribution in [1.29, 1.82) is 0 Å². The lowest BCUT2D eigenvalue weighted by Crippen LogP contribution is -2.34. The van der Waals surface area contributed by atoms with Gasteiger partial charge < -0.3 is 15.2 Å². The van der Waals surface area contributed by atoms with Crippen LogP contribution in [0.1, 0.15) is 31.8 Å². The van der Waals surface area contributed by atoms with Crippen LogP contribution >= 0.6 is 11.6 Å². The van der Waals surface area contributed by atoms with E-state index in [-0.39, 0.29) is 17.6 Å². The summed E-state index contributed by atoms with van der Waals surface area (Å²) in [6.45, 7) is 3.20. The normalized spacial score (nSPS) is 14.9. The molecular formula is C21H27ClN10O4S. The second kappa shape index (κ2) is 12.0. The summed E-state index contributed by atoms with van der Waals surface area (Å²) >= 11 is 5.86. The number of hydrogen-bond donors (Lipinski definition) is 2. The number of anilines is 1. The molecule has 0 spiro atoms. The van der Waals surface area contributed by atoms with Gasteiger partial charge in [-0.2, -0.15) is 0 Å². The van der Waals surface area contributed by atoms with Crippen LogP contribution in [0.5, 0.6) is 5.88 Å². The zero-order valence-corrected chi connectivity index (χ0v) is 22.3. The van der Waals surface area contributed by atoms with Gasteiger partial charge in [0.2, 0.25) is 21.9 Å². The van der Waals surface area contributed by atoms with Crippen LogP contribution in [0.25, 0.3) is 11.5 Å². The predicted octanol–water partition coefficient (Wildman–Crippen LogP) is 1.89. The van der Waals surface area contributed by atoms with E-state index in [1.165, 1.54) is 45.2 Å². The van der Waals surface area contributed by atoms with E-state index >= 15 is 0 Å². The fourth-order valence-electron chi connectivity index (χ4n) is 3.46. The van der Waals surface area contributed by atoms with Crippen LogP contribution in [0, 0.1) is 0 Å². The highest BCUT2D eigenvalue weighted by Gasteiger charge is 2.35. The molecule has 0 saturated heterocycles. The van der Waals surface area contributed by atoms with E-state index in [1.54, 1.807) is 25.1 Å². The molecule has 16 heteroatoms. The van der Waals surface area contributed by atoms with Crippen molar-refractivity contribution in [2.45, 2.75) is 31.2 Å². The Morgan fingerprint density at radius 2 is 1.92 bits per heavy atom. The van der Waals surface area contributed by atoms with E-state index in [9.17, 15) is 8.42 Å². The van der Waals surface area contributed by atoms with Crippen LogP contribution in [0.15, 0.2) is 40.6 Å². The topological polar surface area (TPSA) is 185 Å². The number of nitrogens with zero attached hydrogens (tertiary/aromatic N) is 8. The van der Waals surface area contributed by atoms with Crippen molar-refractivity contribution in [2.75, 3.05) is 26.0 Å². The molecule has 3 rings (SSSR count). The molecule has 3 aromatic rings. The van der Waals surface area contributed by atoms with Gasteiger partial charge in [-0.1, -0.05) is 17.7 Å². The van der Waals surface area contributed by atoms with E-state index in [0.717, 1.165) is 6.34 Å². The molecule has 0 saturated carbocycles. The van der Waals surface area contributed by atoms with E-state index in [1.807, 2.05) is 0 Å². The van der Waals surface area contributed by atoms with Gasteiger partial charge in [-0.15, -0.1) is 10.2 Å². The first-order valence-corrected chi connectivity index (χ1v) is 12.8. The highest BCUT2D eigenvalue weighted by Crippen LogP contribution is 2.29. The van der Waals surface area contributed by atoms with Crippen molar-refractivity contribution in [2.24, 2.45) is 15.7 Å². The van der Waals surface area contributed by atoms with E-state index in [4.69, 9.17) is 26.8 Å². The summed E-state index contributed by atoms with van der Waals surface area (Å²) < 4.78 is 41.6. The first-order chi connectivity index (χ1) is 17.7. The molecular weight excluding hydrogens is 524 g/mol. The van der Waals surface area contributed by atoms with E-state index in [0.29, 0.717) is 22.4 Å². The number of rotatable bonds is 10. The zero-order chi connectivity index (χ0) is 27.2. The Morgan fingerprint density at radius 1 is 1.22 bits per heavy atom. The lowest BCUT2D eigenvalue weighted by molar-refractivity contribution is 0.0950. The van der Waals surface area contributed by atoms with Gasteiger partial charge in [-0.05, 0) is 19.9 Å². The summed E-state index contributed by atoms with van der Waals surface area (Å²) in [4.78, 5) is 20.8. The van der Waals surface area contributed by atoms with Crippen molar-refractivity contribution in [3.63, 3.8) is 0 Å². The largest absolute Gasteiger partial charge is 0.481 e. The van der Waals surface area contributed by atoms with Crippen LogP contribution < -0.4 is 15.2 Å². The number of sulfonamides is 1. The van der Waals surface area contributed by atoms with Crippen molar-refractivity contribution >= 4 is 39.7 Å². The van der Waals surface area contributed by atoms with Crippen molar-refractivity contribution < 1.29 is 17.9 Å². The van der Waals surface area contributed by atoms with Gasteiger partial charge in [-0.25, -0.2) is 28.4 Å². The van der Waals surface area contributed by atoms with E-state index < -0.39 is 27.4 Å². The van der Waals surface area contributed by atoms with Gasteiger partial charge in [-0.3, -0.25) is 14.3 Å². The number of amidine groups is 1. The zero-order valence-electron chi connectivity index (χ0n) is 20.8. The van der Waals surface area contributed by atoms with Crippen LogP contribution in [-0.2, 0) is 14.8 Å². The average Bonchev–Trinajstić information content (AvgIpc) is 3.31. The van der Waals surface area contributed by atoms with Crippen molar-refractivity contribution in [3.05, 3.63) is 41.4 Å². The minimum Gasteiger partial charge on any atom is -0.481 e. The Bertz CT molecular complexity index is 1380. The minimum atomic E-state index is -4.12. The molecule has 0 fully saturated rings. The summed E-state index contributed by atoms with van der Waals surface area (Å²) in [6.07, 6.45) is 2.81. The van der Waals surface area contributed by atoms with Gasteiger partial charge in [0.15, 0.2) is 11.6 Å². The quantitative estimate of drug-likeness (QED) is 0.279. The number of halogens is 1. The monoisotopic (exact) mass is 550 g/mol. The van der Waals surface area contributed by atoms with Gasteiger partial charge in [0.25, 0.3) is 0 Å². The maximum atomic E-state index is 13.5. The lowest BCUT2D eigenvalue weighted by atomic mass is 10.2. The third kappa shape index (κ3) is 6.18. The van der Waals surface area contributed by atoms with Crippen molar-refractivity contribution in [1.82, 2.24) is 29.7 Å². The summed E-state index contributed by atoms with van der Waals surface area (Å²) in [5.74, 6) is 0.933. The van der Waals surface area contributed by atoms with E-state index in [2.05, 4.69) is 39.9 Å². The summed E-state index contributed by atoms with van der Waals surface area (Å²) in [5.41, 5.74) is 5.87. The average molecular weight is 551 g/mol. The molecule has 37 heavy (non-hydrogen) atoms. The number of pyridine rings is 1. The Labute approximate surface area is 219 Å². The second-order valence-corrected chi connectivity index (χ2v) is 10.1. The molecule has 0 amide bonds. The highest BCUT2D eigenvalue weighted by molar-refractivity contribution is 7.93. The molecule has 3 N–H and O–H groups in total. The number of hydrogen-bond acceptors (Lipinski definition) is 10. The first kappa shape index (κ1) is 27.9. The molecule has 0 radical (unpaired) electrons. The summed E-state index contributed by atoms with van der Waals surface area (Å²) in [6, 6.07) is 4.43. The maximum Gasteiger partial charge on any atom is 0.240 e. The molecule has 0 aromatic carbocycles. The molecule has 0 aliphatic rings.